The molecule has 0 atom stereocenters. The summed E-state index contributed by atoms with van der Waals surface area (Å²) in [6, 6.07) is 0. The minimum atomic E-state index is 0.826. The van der Waals surface area contributed by atoms with Crippen molar-refractivity contribution in [1.29, 1.82) is 0 Å². The number of rotatable bonds is 2. The molecule has 0 fully saturated rings. The summed E-state index contributed by atoms with van der Waals surface area (Å²) in [5, 5.41) is 4.75. The number of hydrogen-bond acceptors (Lipinski definition) is 3. The van der Waals surface area contributed by atoms with Crippen LogP contribution in [0.15, 0.2) is 0 Å². The summed E-state index contributed by atoms with van der Waals surface area (Å²) in [5.74, 6) is 0. The second kappa shape index (κ2) is 3.27. The van der Waals surface area contributed by atoms with Crippen molar-refractivity contribution in [3.63, 3.8) is 0 Å². The van der Waals surface area contributed by atoms with E-state index in [1.54, 1.807) is 0 Å². The van der Waals surface area contributed by atoms with E-state index < -0.39 is 0 Å². The van der Waals surface area contributed by atoms with Gasteiger partial charge < -0.3 is 0 Å². The van der Waals surface area contributed by atoms with Gasteiger partial charge in [0, 0.05) is 10.2 Å². The van der Waals surface area contributed by atoms with Gasteiger partial charge in [-0.3, -0.25) is 0 Å². The zero-order valence-electron chi connectivity index (χ0n) is 5.09. The van der Waals surface area contributed by atoms with Crippen LogP contribution >= 0.6 is 27.5 Å². The molecular formula is C5H7BrN2S. The van der Waals surface area contributed by atoms with Crippen LogP contribution in [0.4, 0.5) is 0 Å². The first-order valence-corrected chi connectivity index (χ1v) is 4.64. The lowest BCUT2D eigenvalue weighted by atomic mass is 10.3. The van der Waals surface area contributed by atoms with Gasteiger partial charge in [-0.1, -0.05) is 27.3 Å². The van der Waals surface area contributed by atoms with Gasteiger partial charge in [-0.15, -0.1) is 5.10 Å². The Morgan fingerprint density at radius 2 is 2.44 bits per heavy atom. The highest BCUT2D eigenvalue weighted by Gasteiger charge is 2.01. The fourth-order valence-electron chi connectivity index (χ4n) is 0.597. The van der Waals surface area contributed by atoms with Crippen molar-refractivity contribution in [1.82, 2.24) is 9.59 Å². The molecule has 50 valence electrons. The predicted molar refractivity (Wildman–Crippen MR) is 41.9 cm³/mol. The van der Waals surface area contributed by atoms with E-state index in [1.165, 1.54) is 16.4 Å². The lowest BCUT2D eigenvalue weighted by Crippen LogP contribution is -1.82. The van der Waals surface area contributed by atoms with Crippen molar-refractivity contribution >= 4 is 27.5 Å². The molecule has 0 unspecified atom stereocenters. The minimum absolute atomic E-state index is 0.826. The van der Waals surface area contributed by atoms with Gasteiger partial charge in [0.1, 0.15) is 0 Å². The molecule has 4 heteroatoms. The Labute approximate surface area is 66.6 Å². The number of aromatic nitrogens is 2. The smallest absolute Gasteiger partial charge is 0.0892 e. The van der Waals surface area contributed by atoms with Crippen molar-refractivity contribution in [2.75, 3.05) is 0 Å². The van der Waals surface area contributed by atoms with Gasteiger partial charge in [-0.25, -0.2) is 0 Å². The topological polar surface area (TPSA) is 25.8 Å². The van der Waals surface area contributed by atoms with Crippen LogP contribution in [0.1, 0.15) is 17.5 Å². The molecule has 0 bridgehead atoms. The van der Waals surface area contributed by atoms with Gasteiger partial charge in [0.15, 0.2) is 0 Å². The quantitative estimate of drug-likeness (QED) is 0.693. The molecule has 9 heavy (non-hydrogen) atoms. The zero-order valence-corrected chi connectivity index (χ0v) is 7.50. The fraction of sp³-hybridized carbons (Fsp3) is 0.600. The van der Waals surface area contributed by atoms with Crippen molar-refractivity contribution in [2.45, 2.75) is 18.7 Å². The summed E-state index contributed by atoms with van der Waals surface area (Å²) in [5.41, 5.74) is 1.09. The molecule has 0 amide bonds. The zero-order chi connectivity index (χ0) is 6.69. The molecule has 0 saturated carbocycles. The molecule has 0 saturated heterocycles. The van der Waals surface area contributed by atoms with Gasteiger partial charge in [-0.2, -0.15) is 0 Å². The summed E-state index contributed by atoms with van der Waals surface area (Å²) in [6.45, 7) is 2.11. The molecule has 0 aliphatic rings. The highest BCUT2D eigenvalue weighted by molar-refractivity contribution is 9.08. The van der Waals surface area contributed by atoms with Crippen molar-refractivity contribution < 1.29 is 0 Å². The van der Waals surface area contributed by atoms with Crippen LogP contribution in [0.5, 0.6) is 0 Å². The molecule has 0 radical (unpaired) electrons. The maximum Gasteiger partial charge on any atom is 0.0892 e. The van der Waals surface area contributed by atoms with Crippen molar-refractivity contribution in [3.8, 4) is 0 Å². The lowest BCUT2D eigenvalue weighted by molar-refractivity contribution is 1.04. The third kappa shape index (κ3) is 1.49. The second-order valence-corrected chi connectivity index (χ2v) is 3.03. The third-order valence-electron chi connectivity index (χ3n) is 1.08. The average Bonchev–Trinajstić information content (AvgIpc) is 2.33. The van der Waals surface area contributed by atoms with E-state index in [0.717, 1.165) is 17.4 Å². The predicted octanol–water partition coefficient (Wildman–Crippen LogP) is 2.00. The van der Waals surface area contributed by atoms with Crippen LogP contribution < -0.4 is 0 Å². The molecule has 0 N–H and O–H groups in total. The third-order valence-corrected chi connectivity index (χ3v) is 2.52. The molecule has 0 aliphatic carbocycles. The van der Waals surface area contributed by atoms with E-state index in [4.69, 9.17) is 0 Å². The molecule has 1 aromatic rings. The Kier molecular flexibility index (Phi) is 2.60. The van der Waals surface area contributed by atoms with Crippen LogP contribution in [0, 0.1) is 0 Å². The Bertz CT molecular complexity index is 168. The largest absolute Gasteiger partial charge is 0.142 e. The van der Waals surface area contributed by atoms with E-state index in [1.807, 2.05) is 0 Å². The number of hydrogen-bond donors (Lipinski definition) is 0. The Hall–Kier alpha value is 0.0400. The van der Waals surface area contributed by atoms with Crippen LogP contribution in [-0.2, 0) is 11.8 Å². The van der Waals surface area contributed by atoms with Gasteiger partial charge in [0.05, 0.1) is 5.69 Å². The lowest BCUT2D eigenvalue weighted by Gasteiger charge is -1.87. The molecule has 1 aromatic heterocycles. The second-order valence-electron chi connectivity index (χ2n) is 1.63. The molecule has 0 spiro atoms. The average molecular weight is 207 g/mol. The number of nitrogens with zero attached hydrogens (tertiary/aromatic N) is 2. The SMILES string of the molecule is CCc1snnc1CBr. The highest BCUT2D eigenvalue weighted by atomic mass is 79.9. The molecule has 0 aliphatic heterocycles. The standard InChI is InChI=1S/C5H7BrN2S/c1-2-5-4(3-6)7-8-9-5/h2-3H2,1H3. The van der Waals surface area contributed by atoms with E-state index >= 15 is 0 Å². The van der Waals surface area contributed by atoms with Crippen molar-refractivity contribution in [2.24, 2.45) is 0 Å². The van der Waals surface area contributed by atoms with E-state index in [-0.39, 0.29) is 0 Å². The van der Waals surface area contributed by atoms with Crippen LogP contribution in [0.2, 0.25) is 0 Å². The summed E-state index contributed by atoms with van der Waals surface area (Å²) < 4.78 is 3.83. The van der Waals surface area contributed by atoms with Gasteiger partial charge in [0.2, 0.25) is 0 Å². The first-order chi connectivity index (χ1) is 4.38. The summed E-state index contributed by atoms with van der Waals surface area (Å²) >= 11 is 4.82. The van der Waals surface area contributed by atoms with Crippen LogP contribution in [-0.4, -0.2) is 9.59 Å². The molecule has 1 rings (SSSR count). The van der Waals surface area contributed by atoms with Crippen LogP contribution in [0.3, 0.4) is 0 Å². The molecular weight excluding hydrogens is 200 g/mol. The first kappa shape index (κ1) is 7.15. The van der Waals surface area contributed by atoms with Gasteiger partial charge in [-0.05, 0) is 18.0 Å². The van der Waals surface area contributed by atoms with E-state index in [0.29, 0.717) is 0 Å². The number of alkyl halides is 1. The number of halogens is 1. The molecule has 2 nitrogen and oxygen atoms in total. The van der Waals surface area contributed by atoms with Gasteiger partial charge >= 0.3 is 0 Å². The Morgan fingerprint density at radius 3 is 2.89 bits per heavy atom. The first-order valence-electron chi connectivity index (χ1n) is 2.74. The van der Waals surface area contributed by atoms with Crippen LogP contribution in [0.25, 0.3) is 0 Å². The summed E-state index contributed by atoms with van der Waals surface area (Å²) in [7, 11) is 0. The summed E-state index contributed by atoms with van der Waals surface area (Å²) in [4.78, 5) is 1.28. The van der Waals surface area contributed by atoms with E-state index in [2.05, 4.69) is 32.4 Å². The molecule has 0 aromatic carbocycles. The Morgan fingerprint density at radius 1 is 1.67 bits per heavy atom. The minimum Gasteiger partial charge on any atom is -0.142 e. The summed E-state index contributed by atoms with van der Waals surface area (Å²) in [6.07, 6.45) is 1.04. The monoisotopic (exact) mass is 206 g/mol. The van der Waals surface area contributed by atoms with Crippen molar-refractivity contribution in [3.05, 3.63) is 10.6 Å². The normalized spacial score (nSPS) is 10.0. The Balaban J connectivity index is 2.85. The van der Waals surface area contributed by atoms with E-state index in [9.17, 15) is 0 Å². The van der Waals surface area contributed by atoms with Gasteiger partial charge in [0.25, 0.3) is 0 Å². The fourth-order valence-corrected chi connectivity index (χ4v) is 1.82. The maximum atomic E-state index is 3.93. The maximum absolute atomic E-state index is 3.93. The highest BCUT2D eigenvalue weighted by Crippen LogP contribution is 2.13. The molecule has 1 heterocycles. The number of aryl methyl sites for hydroxylation is 1.